The Bertz CT molecular complexity index is 507. The molecule has 0 saturated heterocycles. The summed E-state index contributed by atoms with van der Waals surface area (Å²) >= 11 is 5.95. The van der Waals surface area contributed by atoms with Crippen LogP contribution in [0.3, 0.4) is 0 Å². The lowest BCUT2D eigenvalue weighted by Crippen LogP contribution is -2.11. The van der Waals surface area contributed by atoms with Crippen molar-refractivity contribution in [2.75, 3.05) is 7.11 Å². The van der Waals surface area contributed by atoms with Gasteiger partial charge in [0.25, 0.3) is 0 Å². The first-order valence-electron chi connectivity index (χ1n) is 4.39. The first-order valence-corrected chi connectivity index (χ1v) is 4.77. The Morgan fingerprint density at radius 3 is 3.07 bits per heavy atom. The van der Waals surface area contributed by atoms with Gasteiger partial charge in [0.15, 0.2) is 0 Å². The molecule has 1 aromatic carbocycles. The number of aromatic nitrogens is 2. The largest absolute Gasteiger partial charge is 0.468 e. The summed E-state index contributed by atoms with van der Waals surface area (Å²) in [6, 6.07) is 5.50. The van der Waals surface area contributed by atoms with E-state index in [2.05, 4.69) is 9.84 Å². The van der Waals surface area contributed by atoms with Gasteiger partial charge in [-0.05, 0) is 6.07 Å². The molecule has 0 aliphatic carbocycles. The molecule has 4 nitrogen and oxygen atoms in total. The standard InChI is InChI=1S/C10H9ClN2O2/c1-15-9(14)6-13-5-7-3-2-4-8(11)10(7)12-13/h2-5H,6H2,1H3. The van der Waals surface area contributed by atoms with Gasteiger partial charge in [0.2, 0.25) is 0 Å². The molecule has 0 aliphatic rings. The maximum Gasteiger partial charge on any atom is 0.327 e. The second kappa shape index (κ2) is 3.90. The second-order valence-corrected chi connectivity index (χ2v) is 3.49. The van der Waals surface area contributed by atoms with Gasteiger partial charge in [-0.3, -0.25) is 9.48 Å². The van der Waals surface area contributed by atoms with Crippen molar-refractivity contribution in [2.24, 2.45) is 0 Å². The zero-order chi connectivity index (χ0) is 10.8. The summed E-state index contributed by atoms with van der Waals surface area (Å²) in [7, 11) is 1.35. The Morgan fingerprint density at radius 1 is 1.60 bits per heavy atom. The molecule has 0 fully saturated rings. The molecule has 0 saturated carbocycles. The molecule has 2 rings (SSSR count). The van der Waals surface area contributed by atoms with Gasteiger partial charge in [-0.15, -0.1) is 0 Å². The number of carbonyl (C=O) groups excluding carboxylic acids is 1. The third-order valence-corrected chi connectivity index (χ3v) is 2.36. The van der Waals surface area contributed by atoms with Gasteiger partial charge in [-0.1, -0.05) is 23.7 Å². The number of hydrogen-bond donors (Lipinski definition) is 0. The summed E-state index contributed by atoms with van der Waals surface area (Å²) in [5, 5.41) is 5.67. The van der Waals surface area contributed by atoms with E-state index in [9.17, 15) is 4.79 Å². The Kier molecular flexibility index (Phi) is 2.60. The van der Waals surface area contributed by atoms with Crippen LogP contribution in [0, 0.1) is 0 Å². The molecular formula is C10H9ClN2O2. The zero-order valence-corrected chi connectivity index (χ0v) is 8.86. The number of halogens is 1. The molecule has 0 spiro atoms. The van der Waals surface area contributed by atoms with Crippen LogP contribution in [0.1, 0.15) is 0 Å². The lowest BCUT2D eigenvalue weighted by atomic mass is 10.3. The molecule has 0 aliphatic heterocycles. The fourth-order valence-corrected chi connectivity index (χ4v) is 1.56. The summed E-state index contributed by atoms with van der Waals surface area (Å²) in [5.74, 6) is -0.334. The minimum Gasteiger partial charge on any atom is -0.468 e. The van der Waals surface area contributed by atoms with E-state index in [1.807, 2.05) is 12.1 Å². The van der Waals surface area contributed by atoms with Crippen molar-refractivity contribution in [1.82, 2.24) is 9.78 Å². The van der Waals surface area contributed by atoms with Crippen LogP contribution in [0.25, 0.3) is 10.9 Å². The van der Waals surface area contributed by atoms with Crippen molar-refractivity contribution in [2.45, 2.75) is 6.54 Å². The number of nitrogens with zero attached hydrogens (tertiary/aromatic N) is 2. The van der Waals surface area contributed by atoms with E-state index in [0.717, 1.165) is 5.39 Å². The van der Waals surface area contributed by atoms with Crippen molar-refractivity contribution in [3.63, 3.8) is 0 Å². The van der Waals surface area contributed by atoms with Gasteiger partial charge in [0.05, 0.1) is 12.1 Å². The van der Waals surface area contributed by atoms with E-state index >= 15 is 0 Å². The van der Waals surface area contributed by atoms with Crippen LogP contribution < -0.4 is 0 Å². The highest BCUT2D eigenvalue weighted by atomic mass is 35.5. The van der Waals surface area contributed by atoms with E-state index in [1.54, 1.807) is 12.3 Å². The quantitative estimate of drug-likeness (QED) is 0.732. The Balaban J connectivity index is 2.39. The minimum atomic E-state index is -0.334. The second-order valence-electron chi connectivity index (χ2n) is 3.08. The first-order chi connectivity index (χ1) is 7.20. The van der Waals surface area contributed by atoms with Crippen LogP contribution in [0.5, 0.6) is 0 Å². The van der Waals surface area contributed by atoms with Crippen molar-refractivity contribution in [3.05, 3.63) is 29.4 Å². The predicted molar refractivity (Wildman–Crippen MR) is 56.8 cm³/mol. The summed E-state index contributed by atoms with van der Waals surface area (Å²) in [6.45, 7) is 0.0987. The number of carbonyl (C=O) groups is 1. The number of esters is 1. The molecule has 0 unspecified atom stereocenters. The lowest BCUT2D eigenvalue weighted by molar-refractivity contribution is -0.141. The van der Waals surface area contributed by atoms with Crippen LogP contribution in [0.2, 0.25) is 5.02 Å². The summed E-state index contributed by atoms with van der Waals surface area (Å²) in [4.78, 5) is 11.0. The number of benzene rings is 1. The molecule has 78 valence electrons. The van der Waals surface area contributed by atoms with Crippen molar-refractivity contribution in [1.29, 1.82) is 0 Å². The molecule has 2 aromatic rings. The van der Waals surface area contributed by atoms with Crippen molar-refractivity contribution < 1.29 is 9.53 Å². The smallest absolute Gasteiger partial charge is 0.327 e. The monoisotopic (exact) mass is 224 g/mol. The van der Waals surface area contributed by atoms with Gasteiger partial charge in [0.1, 0.15) is 12.1 Å². The maximum absolute atomic E-state index is 11.0. The van der Waals surface area contributed by atoms with Crippen molar-refractivity contribution in [3.8, 4) is 0 Å². The Labute approximate surface area is 91.4 Å². The van der Waals surface area contributed by atoms with Gasteiger partial charge < -0.3 is 4.74 Å². The molecule has 15 heavy (non-hydrogen) atoms. The Hall–Kier alpha value is -1.55. The number of hydrogen-bond acceptors (Lipinski definition) is 3. The maximum atomic E-state index is 11.0. The zero-order valence-electron chi connectivity index (χ0n) is 8.11. The number of rotatable bonds is 2. The number of ether oxygens (including phenoxy) is 1. The SMILES string of the molecule is COC(=O)Cn1cc2cccc(Cl)c2n1. The van der Waals surface area contributed by atoms with Crippen LogP contribution in [0.15, 0.2) is 24.4 Å². The van der Waals surface area contributed by atoms with E-state index in [4.69, 9.17) is 11.6 Å². The van der Waals surface area contributed by atoms with E-state index in [-0.39, 0.29) is 12.5 Å². The fourth-order valence-electron chi connectivity index (χ4n) is 1.34. The highest BCUT2D eigenvalue weighted by Gasteiger charge is 2.07. The molecule has 1 heterocycles. The summed E-state index contributed by atoms with van der Waals surface area (Å²) in [6.07, 6.45) is 1.76. The molecule has 1 aromatic heterocycles. The van der Waals surface area contributed by atoms with Gasteiger partial charge in [-0.25, -0.2) is 0 Å². The Morgan fingerprint density at radius 2 is 2.40 bits per heavy atom. The number of fused-ring (bicyclic) bond motifs is 1. The van der Waals surface area contributed by atoms with Crippen LogP contribution in [0.4, 0.5) is 0 Å². The first kappa shape index (κ1) is 9.98. The average molecular weight is 225 g/mol. The number of methoxy groups -OCH3 is 1. The molecular weight excluding hydrogens is 216 g/mol. The molecule has 5 heteroatoms. The normalized spacial score (nSPS) is 10.5. The van der Waals surface area contributed by atoms with Crippen LogP contribution in [-0.2, 0) is 16.1 Å². The van der Waals surface area contributed by atoms with Crippen LogP contribution in [-0.4, -0.2) is 22.9 Å². The molecule has 0 bridgehead atoms. The average Bonchev–Trinajstić information content (AvgIpc) is 2.62. The minimum absolute atomic E-state index is 0.0987. The van der Waals surface area contributed by atoms with Gasteiger partial charge in [-0.2, -0.15) is 5.10 Å². The molecule has 0 atom stereocenters. The molecule has 0 amide bonds. The highest BCUT2D eigenvalue weighted by molar-refractivity contribution is 6.35. The highest BCUT2D eigenvalue weighted by Crippen LogP contribution is 2.21. The summed E-state index contributed by atoms with van der Waals surface area (Å²) < 4.78 is 6.06. The van der Waals surface area contributed by atoms with Gasteiger partial charge in [0, 0.05) is 11.6 Å². The van der Waals surface area contributed by atoms with E-state index < -0.39 is 0 Å². The predicted octanol–water partition coefficient (Wildman–Crippen LogP) is 1.86. The third-order valence-electron chi connectivity index (χ3n) is 2.05. The van der Waals surface area contributed by atoms with Crippen molar-refractivity contribution >= 4 is 28.5 Å². The van der Waals surface area contributed by atoms with E-state index in [1.165, 1.54) is 11.8 Å². The summed E-state index contributed by atoms with van der Waals surface area (Å²) in [5.41, 5.74) is 0.697. The van der Waals surface area contributed by atoms with Crippen LogP contribution >= 0.6 is 11.6 Å². The third kappa shape index (κ3) is 1.94. The fraction of sp³-hybridized carbons (Fsp3) is 0.200. The van der Waals surface area contributed by atoms with Gasteiger partial charge >= 0.3 is 5.97 Å². The molecule has 0 radical (unpaired) electrons. The lowest BCUT2D eigenvalue weighted by Gasteiger charge is -1.97. The molecule has 0 N–H and O–H groups in total. The van der Waals surface area contributed by atoms with E-state index in [0.29, 0.717) is 10.5 Å². The topological polar surface area (TPSA) is 44.1 Å².